The monoisotopic (exact) mass is 215 g/mol. The van der Waals surface area contributed by atoms with Gasteiger partial charge < -0.3 is 5.73 Å². The molecule has 0 aromatic rings. The molecule has 0 amide bonds. The lowest BCUT2D eigenvalue weighted by atomic mass is 9.89. The number of thiol groups is 1. The van der Waals surface area contributed by atoms with Gasteiger partial charge in [0, 0.05) is 4.75 Å². The maximum atomic E-state index is 4.70. The first-order valence-electron chi connectivity index (χ1n) is 5.79. The maximum absolute atomic E-state index is 4.70. The van der Waals surface area contributed by atoms with Crippen LogP contribution in [0.1, 0.15) is 52.4 Å². The molecule has 1 nitrogen and oxygen atoms in total. The van der Waals surface area contributed by atoms with Crippen LogP contribution < -0.4 is 5.73 Å². The molecule has 84 valence electrons. The molecule has 2 N–H and O–H groups in total. The first kappa shape index (κ1) is 12.4. The second kappa shape index (κ2) is 4.44. The van der Waals surface area contributed by atoms with Crippen molar-refractivity contribution in [2.75, 3.05) is 7.05 Å². The minimum atomic E-state index is 0.477. The summed E-state index contributed by atoms with van der Waals surface area (Å²) in [4.78, 5) is 0. The molecule has 0 aromatic carbocycles. The van der Waals surface area contributed by atoms with Crippen LogP contribution in [-0.4, -0.2) is 11.8 Å². The molecule has 2 rings (SSSR count). The Kier molecular flexibility index (Phi) is 3.93. The Morgan fingerprint density at radius 2 is 1.79 bits per heavy atom. The van der Waals surface area contributed by atoms with Crippen molar-refractivity contribution in [1.82, 2.24) is 0 Å². The quantitative estimate of drug-likeness (QED) is 0.680. The van der Waals surface area contributed by atoms with Gasteiger partial charge in [0.25, 0.3) is 0 Å². The predicted molar refractivity (Wildman–Crippen MR) is 66.8 cm³/mol. The van der Waals surface area contributed by atoms with E-state index in [0.717, 1.165) is 5.92 Å². The van der Waals surface area contributed by atoms with Gasteiger partial charge in [0.2, 0.25) is 0 Å². The number of hydrogen-bond acceptors (Lipinski definition) is 2. The summed E-state index contributed by atoms with van der Waals surface area (Å²) < 4.78 is 0.477. The lowest BCUT2D eigenvalue weighted by Crippen LogP contribution is -2.09. The standard InChI is InChI=1S/C11H20S.CH5N/c1-10(2)4-3-9(7-10)8-11(12)5-6-11;1-2/h9,12H,3-8H2,1-2H3;2H2,1H3. The van der Waals surface area contributed by atoms with Crippen molar-refractivity contribution >= 4 is 12.6 Å². The van der Waals surface area contributed by atoms with Crippen molar-refractivity contribution in [2.45, 2.75) is 57.1 Å². The molecular formula is C12H25NS. The van der Waals surface area contributed by atoms with E-state index in [9.17, 15) is 0 Å². The molecule has 1 unspecified atom stereocenters. The van der Waals surface area contributed by atoms with Gasteiger partial charge in [-0.05, 0) is 56.9 Å². The number of hydrogen-bond donors (Lipinski definition) is 2. The fourth-order valence-corrected chi connectivity index (χ4v) is 3.01. The molecule has 0 aromatic heterocycles. The molecule has 2 saturated carbocycles. The van der Waals surface area contributed by atoms with E-state index in [2.05, 4.69) is 19.6 Å². The summed E-state index contributed by atoms with van der Waals surface area (Å²) in [5.41, 5.74) is 5.13. The van der Waals surface area contributed by atoms with Crippen LogP contribution in [0.25, 0.3) is 0 Å². The molecule has 0 radical (unpaired) electrons. The molecule has 2 heteroatoms. The van der Waals surface area contributed by atoms with E-state index in [-0.39, 0.29) is 0 Å². The molecule has 14 heavy (non-hydrogen) atoms. The summed E-state index contributed by atoms with van der Waals surface area (Å²) in [5.74, 6) is 0.986. The zero-order valence-electron chi connectivity index (χ0n) is 9.84. The van der Waals surface area contributed by atoms with Crippen LogP contribution in [0.2, 0.25) is 0 Å². The summed E-state index contributed by atoms with van der Waals surface area (Å²) in [7, 11) is 1.50. The SMILES string of the molecule is CC1(C)CCC(CC2(S)CC2)C1.CN. The van der Waals surface area contributed by atoms with Crippen molar-refractivity contribution in [3.05, 3.63) is 0 Å². The Bertz CT molecular complexity index is 185. The van der Waals surface area contributed by atoms with Crippen LogP contribution in [0.5, 0.6) is 0 Å². The zero-order chi connectivity index (χ0) is 10.8. The largest absolute Gasteiger partial charge is 0.333 e. The third-order valence-corrected chi connectivity index (χ3v) is 4.20. The molecule has 0 saturated heterocycles. The van der Waals surface area contributed by atoms with Gasteiger partial charge in [-0.15, -0.1) is 0 Å². The van der Waals surface area contributed by atoms with Gasteiger partial charge in [0.1, 0.15) is 0 Å². The molecule has 0 aliphatic heterocycles. The topological polar surface area (TPSA) is 26.0 Å². The van der Waals surface area contributed by atoms with Gasteiger partial charge in [-0.25, -0.2) is 0 Å². The summed E-state index contributed by atoms with van der Waals surface area (Å²) in [6, 6.07) is 0. The van der Waals surface area contributed by atoms with Gasteiger partial charge >= 0.3 is 0 Å². The van der Waals surface area contributed by atoms with Gasteiger partial charge in [-0.2, -0.15) is 12.6 Å². The summed E-state index contributed by atoms with van der Waals surface area (Å²) in [6.07, 6.45) is 8.45. The minimum absolute atomic E-state index is 0.477. The highest BCUT2D eigenvalue weighted by molar-refractivity contribution is 7.82. The van der Waals surface area contributed by atoms with Crippen LogP contribution in [0.3, 0.4) is 0 Å². The average Bonchev–Trinajstić information content (AvgIpc) is 2.73. The summed E-state index contributed by atoms with van der Waals surface area (Å²) in [6.45, 7) is 4.82. The van der Waals surface area contributed by atoms with Gasteiger partial charge in [-0.1, -0.05) is 13.8 Å². The molecular weight excluding hydrogens is 190 g/mol. The fraction of sp³-hybridized carbons (Fsp3) is 1.00. The predicted octanol–water partition coefficient (Wildman–Crippen LogP) is 3.24. The first-order chi connectivity index (χ1) is 6.49. The molecule has 0 spiro atoms. The first-order valence-corrected chi connectivity index (χ1v) is 6.24. The Morgan fingerprint density at radius 1 is 1.21 bits per heavy atom. The van der Waals surface area contributed by atoms with E-state index < -0.39 is 0 Å². The Hall–Kier alpha value is 0.310. The van der Waals surface area contributed by atoms with Gasteiger partial charge in [0.05, 0.1) is 0 Å². The van der Waals surface area contributed by atoms with Crippen molar-refractivity contribution in [3.8, 4) is 0 Å². The molecule has 2 fully saturated rings. The minimum Gasteiger partial charge on any atom is -0.333 e. The number of nitrogens with two attached hydrogens (primary N) is 1. The molecule has 1 atom stereocenters. The zero-order valence-corrected chi connectivity index (χ0v) is 10.7. The highest BCUT2D eigenvalue weighted by Gasteiger charge is 2.43. The van der Waals surface area contributed by atoms with Crippen molar-refractivity contribution in [3.63, 3.8) is 0 Å². The molecule has 2 aliphatic carbocycles. The summed E-state index contributed by atoms with van der Waals surface area (Å²) in [5, 5.41) is 0. The normalized spacial score (nSPS) is 31.9. The van der Waals surface area contributed by atoms with E-state index in [4.69, 9.17) is 12.6 Å². The average molecular weight is 215 g/mol. The van der Waals surface area contributed by atoms with Crippen molar-refractivity contribution < 1.29 is 0 Å². The van der Waals surface area contributed by atoms with Crippen molar-refractivity contribution in [1.29, 1.82) is 0 Å². The molecule has 0 heterocycles. The Labute approximate surface area is 94.2 Å². The van der Waals surface area contributed by atoms with E-state index in [1.54, 1.807) is 0 Å². The van der Waals surface area contributed by atoms with E-state index in [1.807, 2.05) is 0 Å². The Morgan fingerprint density at radius 3 is 2.14 bits per heavy atom. The lowest BCUT2D eigenvalue weighted by molar-refractivity contribution is 0.352. The van der Waals surface area contributed by atoms with Crippen LogP contribution in [0.15, 0.2) is 0 Å². The Balaban J connectivity index is 0.000000461. The molecule has 0 bridgehead atoms. The fourth-order valence-electron chi connectivity index (χ4n) is 2.64. The number of rotatable bonds is 2. The second-order valence-electron chi connectivity index (χ2n) is 5.70. The third-order valence-electron chi connectivity index (χ3n) is 3.57. The van der Waals surface area contributed by atoms with E-state index in [1.165, 1.54) is 45.6 Å². The highest BCUT2D eigenvalue weighted by atomic mass is 32.1. The highest BCUT2D eigenvalue weighted by Crippen LogP contribution is 2.52. The van der Waals surface area contributed by atoms with E-state index >= 15 is 0 Å². The van der Waals surface area contributed by atoms with Crippen molar-refractivity contribution in [2.24, 2.45) is 17.1 Å². The molecule has 2 aliphatic rings. The van der Waals surface area contributed by atoms with Crippen LogP contribution >= 0.6 is 12.6 Å². The van der Waals surface area contributed by atoms with Crippen LogP contribution in [0, 0.1) is 11.3 Å². The van der Waals surface area contributed by atoms with Gasteiger partial charge in [0.15, 0.2) is 0 Å². The van der Waals surface area contributed by atoms with Gasteiger partial charge in [-0.3, -0.25) is 0 Å². The summed E-state index contributed by atoms with van der Waals surface area (Å²) >= 11 is 4.70. The van der Waals surface area contributed by atoms with Crippen LogP contribution in [-0.2, 0) is 0 Å². The smallest absolute Gasteiger partial charge is 0.0133 e. The second-order valence-corrected chi connectivity index (χ2v) is 6.65. The van der Waals surface area contributed by atoms with E-state index in [0.29, 0.717) is 10.2 Å². The maximum Gasteiger partial charge on any atom is 0.0133 e. The third kappa shape index (κ3) is 3.47. The lowest BCUT2D eigenvalue weighted by Gasteiger charge is -2.18. The van der Waals surface area contributed by atoms with Crippen LogP contribution in [0.4, 0.5) is 0 Å².